The van der Waals surface area contributed by atoms with Crippen LogP contribution >= 0.6 is 0 Å². The Bertz CT molecular complexity index is 209. The van der Waals surface area contributed by atoms with E-state index >= 15 is 0 Å². The maximum absolute atomic E-state index is 10.5. The molecular formula is C3H7N5OS. The first-order valence-electron chi connectivity index (χ1n) is 2.58. The summed E-state index contributed by atoms with van der Waals surface area (Å²) in [4.78, 5) is 0. The summed E-state index contributed by atoms with van der Waals surface area (Å²) in [5.41, 5.74) is 0. The fourth-order valence-corrected chi connectivity index (χ4v) is 0.756. The molecule has 1 aromatic heterocycles. The van der Waals surface area contributed by atoms with Crippen molar-refractivity contribution in [2.75, 3.05) is 6.26 Å². The lowest BCUT2D eigenvalue weighted by Gasteiger charge is -1.92. The van der Waals surface area contributed by atoms with Gasteiger partial charge in [0.05, 0.1) is 17.5 Å². The molecule has 7 heteroatoms. The van der Waals surface area contributed by atoms with Crippen LogP contribution in [0.25, 0.3) is 0 Å². The maximum atomic E-state index is 10.5. The molecule has 0 amide bonds. The molecule has 0 fully saturated rings. The topological polar surface area (TPSA) is 83.6 Å². The molecule has 1 rings (SSSR count). The molecular weight excluding hydrogens is 154 g/mol. The van der Waals surface area contributed by atoms with Crippen molar-refractivity contribution in [3.8, 4) is 0 Å². The van der Waals surface area contributed by atoms with Crippen molar-refractivity contribution in [2.45, 2.75) is 6.54 Å². The molecule has 10 heavy (non-hydrogen) atoms. The van der Waals surface area contributed by atoms with Gasteiger partial charge in [-0.05, 0) is 0 Å². The SMILES string of the molecule is CS(=O)NCc1nn[nH]n1. The minimum Gasteiger partial charge on any atom is -0.243 e. The van der Waals surface area contributed by atoms with E-state index in [0.717, 1.165) is 0 Å². The zero-order valence-electron chi connectivity index (χ0n) is 5.37. The number of nitrogens with one attached hydrogen (secondary N) is 2. The summed E-state index contributed by atoms with van der Waals surface area (Å²) >= 11 is 0. The van der Waals surface area contributed by atoms with Gasteiger partial charge in [0.25, 0.3) is 0 Å². The Kier molecular flexibility index (Phi) is 2.46. The van der Waals surface area contributed by atoms with Crippen molar-refractivity contribution in [1.29, 1.82) is 0 Å². The minimum atomic E-state index is -1.02. The lowest BCUT2D eigenvalue weighted by Crippen LogP contribution is -2.15. The molecule has 1 unspecified atom stereocenters. The van der Waals surface area contributed by atoms with Crippen LogP contribution in [0.2, 0.25) is 0 Å². The average Bonchev–Trinajstić information content (AvgIpc) is 2.34. The smallest absolute Gasteiger partial charge is 0.189 e. The van der Waals surface area contributed by atoms with E-state index in [0.29, 0.717) is 12.4 Å². The van der Waals surface area contributed by atoms with Crippen LogP contribution in [0.1, 0.15) is 5.82 Å². The van der Waals surface area contributed by atoms with Gasteiger partial charge in [-0.15, -0.1) is 10.2 Å². The van der Waals surface area contributed by atoms with Crippen LogP contribution in [0.3, 0.4) is 0 Å². The molecule has 0 aliphatic heterocycles. The van der Waals surface area contributed by atoms with Crippen LogP contribution in [-0.4, -0.2) is 31.1 Å². The van der Waals surface area contributed by atoms with E-state index in [9.17, 15) is 4.21 Å². The van der Waals surface area contributed by atoms with Gasteiger partial charge in [0.2, 0.25) is 0 Å². The van der Waals surface area contributed by atoms with Crippen LogP contribution in [0.4, 0.5) is 0 Å². The fraction of sp³-hybridized carbons (Fsp3) is 0.667. The first-order chi connectivity index (χ1) is 4.79. The summed E-state index contributed by atoms with van der Waals surface area (Å²) in [6, 6.07) is 0. The summed E-state index contributed by atoms with van der Waals surface area (Å²) in [5, 5.41) is 12.9. The van der Waals surface area contributed by atoms with E-state index in [-0.39, 0.29) is 0 Å². The molecule has 0 saturated carbocycles. The van der Waals surface area contributed by atoms with Crippen molar-refractivity contribution < 1.29 is 4.21 Å². The van der Waals surface area contributed by atoms with E-state index in [1.165, 1.54) is 0 Å². The summed E-state index contributed by atoms with van der Waals surface area (Å²) in [7, 11) is -1.02. The molecule has 6 nitrogen and oxygen atoms in total. The molecule has 1 atom stereocenters. The van der Waals surface area contributed by atoms with Gasteiger partial charge in [-0.3, -0.25) is 0 Å². The van der Waals surface area contributed by atoms with Crippen LogP contribution in [0.5, 0.6) is 0 Å². The Morgan fingerprint density at radius 2 is 2.60 bits per heavy atom. The standard InChI is InChI=1S/C3H7N5OS/c1-10(9)4-2-3-5-7-8-6-3/h4H,2H2,1H3,(H,5,6,7,8). The van der Waals surface area contributed by atoms with Crippen molar-refractivity contribution in [1.82, 2.24) is 25.3 Å². The Morgan fingerprint density at radius 1 is 1.80 bits per heavy atom. The highest BCUT2D eigenvalue weighted by Crippen LogP contribution is 1.80. The van der Waals surface area contributed by atoms with E-state index in [1.54, 1.807) is 6.26 Å². The molecule has 0 aromatic carbocycles. The van der Waals surface area contributed by atoms with Crippen molar-refractivity contribution >= 4 is 11.0 Å². The molecule has 0 saturated heterocycles. The van der Waals surface area contributed by atoms with Gasteiger partial charge >= 0.3 is 0 Å². The number of rotatable bonds is 3. The van der Waals surface area contributed by atoms with Crippen LogP contribution in [0.15, 0.2) is 0 Å². The number of H-pyrrole nitrogens is 1. The Morgan fingerprint density at radius 3 is 3.10 bits per heavy atom. The van der Waals surface area contributed by atoms with E-state index in [1.807, 2.05) is 0 Å². The summed E-state index contributed by atoms with van der Waals surface area (Å²) < 4.78 is 13.1. The van der Waals surface area contributed by atoms with Crippen LogP contribution in [0, 0.1) is 0 Å². The van der Waals surface area contributed by atoms with Gasteiger partial charge in [0.1, 0.15) is 0 Å². The van der Waals surface area contributed by atoms with E-state index in [4.69, 9.17) is 0 Å². The molecule has 1 heterocycles. The van der Waals surface area contributed by atoms with Gasteiger partial charge in [0, 0.05) is 6.26 Å². The molecule has 0 aliphatic rings. The normalized spacial score (nSPS) is 13.3. The molecule has 56 valence electrons. The Labute approximate surface area is 60.0 Å². The molecule has 0 aliphatic carbocycles. The van der Waals surface area contributed by atoms with E-state index < -0.39 is 11.0 Å². The third-order valence-electron chi connectivity index (χ3n) is 0.823. The number of tetrazole rings is 1. The second kappa shape index (κ2) is 3.37. The molecule has 0 spiro atoms. The van der Waals surface area contributed by atoms with Crippen molar-refractivity contribution in [3.63, 3.8) is 0 Å². The largest absolute Gasteiger partial charge is 0.243 e. The molecule has 1 aromatic rings. The highest BCUT2D eigenvalue weighted by Gasteiger charge is 1.96. The highest BCUT2D eigenvalue weighted by molar-refractivity contribution is 7.82. The average molecular weight is 161 g/mol. The molecule has 0 radical (unpaired) electrons. The van der Waals surface area contributed by atoms with Gasteiger partial charge in [0.15, 0.2) is 5.82 Å². The molecule has 2 N–H and O–H groups in total. The van der Waals surface area contributed by atoms with E-state index in [2.05, 4.69) is 25.3 Å². The number of nitrogens with zero attached hydrogens (tertiary/aromatic N) is 3. The number of aromatic amines is 1. The lowest BCUT2D eigenvalue weighted by atomic mass is 10.7. The van der Waals surface area contributed by atoms with Gasteiger partial charge in [-0.2, -0.15) is 5.21 Å². The third-order valence-corrected chi connectivity index (χ3v) is 1.37. The first kappa shape index (κ1) is 7.29. The monoisotopic (exact) mass is 161 g/mol. The number of hydrogen-bond acceptors (Lipinski definition) is 4. The predicted octanol–water partition coefficient (Wildman–Crippen LogP) is -1.42. The zero-order valence-corrected chi connectivity index (χ0v) is 6.18. The maximum Gasteiger partial charge on any atom is 0.189 e. The summed E-state index contributed by atoms with van der Waals surface area (Å²) in [6.45, 7) is 0.375. The minimum absolute atomic E-state index is 0.375. The second-order valence-electron chi connectivity index (χ2n) is 1.60. The summed E-state index contributed by atoms with van der Waals surface area (Å²) in [6.07, 6.45) is 1.54. The van der Waals surface area contributed by atoms with Crippen LogP contribution < -0.4 is 4.72 Å². The van der Waals surface area contributed by atoms with Crippen molar-refractivity contribution in [3.05, 3.63) is 5.82 Å². The highest BCUT2D eigenvalue weighted by atomic mass is 32.2. The van der Waals surface area contributed by atoms with Gasteiger partial charge in [-0.25, -0.2) is 8.93 Å². The quantitative estimate of drug-likeness (QED) is 0.570. The molecule has 0 bridgehead atoms. The van der Waals surface area contributed by atoms with Crippen molar-refractivity contribution in [2.24, 2.45) is 0 Å². The predicted molar refractivity (Wildman–Crippen MR) is 35.1 cm³/mol. The fourth-order valence-electron chi connectivity index (χ4n) is 0.424. The van der Waals surface area contributed by atoms with Crippen LogP contribution in [-0.2, 0) is 17.5 Å². The van der Waals surface area contributed by atoms with Gasteiger partial charge in [-0.1, -0.05) is 5.21 Å². The summed E-state index contributed by atoms with van der Waals surface area (Å²) in [5.74, 6) is 0.509. The number of aromatic nitrogens is 4. The lowest BCUT2D eigenvalue weighted by molar-refractivity contribution is 0.673. The third kappa shape index (κ3) is 2.19. The first-order valence-corrected chi connectivity index (χ1v) is 4.14. The Balaban J connectivity index is 2.35. The second-order valence-corrected chi connectivity index (χ2v) is 2.80. The van der Waals surface area contributed by atoms with Gasteiger partial charge < -0.3 is 0 Å². The Hall–Kier alpha value is -0.820. The zero-order chi connectivity index (χ0) is 7.40. The number of hydrogen-bond donors (Lipinski definition) is 2.